The highest BCUT2D eigenvalue weighted by atomic mass is 79.9. The molecule has 1 aromatic carbocycles. The summed E-state index contributed by atoms with van der Waals surface area (Å²) < 4.78 is 29.0. The molecule has 0 aliphatic heterocycles. The quantitative estimate of drug-likeness (QED) is 0.850. The maximum atomic E-state index is 12.3. The van der Waals surface area contributed by atoms with E-state index in [4.69, 9.17) is 5.11 Å². The van der Waals surface area contributed by atoms with E-state index < -0.39 is 12.6 Å². The summed E-state index contributed by atoms with van der Waals surface area (Å²) in [5, 5.41) is 9.08. The van der Waals surface area contributed by atoms with Gasteiger partial charge in [-0.1, -0.05) is 28.1 Å². The molecule has 0 unspecified atom stereocenters. The van der Waals surface area contributed by atoms with E-state index in [1.54, 1.807) is 19.1 Å². The van der Waals surface area contributed by atoms with Crippen molar-refractivity contribution in [3.05, 3.63) is 28.8 Å². The van der Waals surface area contributed by atoms with Gasteiger partial charge in [0.1, 0.15) is 5.75 Å². The molecule has 1 N–H and O–H groups in total. The molecular formula is C11H11BrF2O3. The summed E-state index contributed by atoms with van der Waals surface area (Å²) in [5.74, 6) is -1.13. The summed E-state index contributed by atoms with van der Waals surface area (Å²) in [6.07, 6.45) is -0.339. The summed E-state index contributed by atoms with van der Waals surface area (Å²) in [7, 11) is 0. The average Bonchev–Trinajstić information content (AvgIpc) is 2.22. The first-order valence-electron chi connectivity index (χ1n) is 4.79. The van der Waals surface area contributed by atoms with Crippen LogP contribution in [0.2, 0.25) is 0 Å². The van der Waals surface area contributed by atoms with Gasteiger partial charge in [0.25, 0.3) is 0 Å². The van der Waals surface area contributed by atoms with Crippen LogP contribution in [0, 0.1) is 6.92 Å². The van der Waals surface area contributed by atoms with Gasteiger partial charge in [0.15, 0.2) is 0 Å². The van der Waals surface area contributed by atoms with Gasteiger partial charge in [-0.25, -0.2) is 0 Å². The Morgan fingerprint density at radius 2 is 2.18 bits per heavy atom. The molecule has 0 radical (unpaired) electrons. The van der Waals surface area contributed by atoms with Gasteiger partial charge in [-0.2, -0.15) is 8.78 Å². The Bertz CT molecular complexity index is 421. The molecule has 0 aliphatic rings. The molecule has 0 saturated carbocycles. The molecule has 0 bridgehead atoms. The Kier molecular flexibility index (Phi) is 4.86. The number of hydrogen-bond donors (Lipinski definition) is 1. The number of hydrogen-bond acceptors (Lipinski definition) is 2. The van der Waals surface area contributed by atoms with Gasteiger partial charge in [-0.05, 0) is 12.5 Å². The third-order valence-corrected chi connectivity index (χ3v) is 2.86. The van der Waals surface area contributed by atoms with Gasteiger partial charge in [0.2, 0.25) is 0 Å². The second-order valence-electron chi connectivity index (χ2n) is 3.43. The molecule has 94 valence electrons. The second-order valence-corrected chi connectivity index (χ2v) is 3.99. The molecule has 0 amide bonds. The van der Waals surface area contributed by atoms with E-state index in [1.165, 1.54) is 0 Å². The highest BCUT2D eigenvalue weighted by Crippen LogP contribution is 2.30. The molecule has 1 rings (SSSR count). The molecule has 0 aromatic heterocycles. The standard InChI is InChI=1S/C11H11BrF2O3/c1-6-2-3-7(5-12)10(17-11(13)14)8(6)4-9(15)16/h2-3,11H,4-5H2,1H3,(H,15,16). The number of rotatable bonds is 5. The molecule has 6 heteroatoms. The van der Waals surface area contributed by atoms with Crippen molar-refractivity contribution in [1.29, 1.82) is 0 Å². The van der Waals surface area contributed by atoms with Crippen LogP contribution in [0.15, 0.2) is 12.1 Å². The van der Waals surface area contributed by atoms with E-state index in [0.29, 0.717) is 16.5 Å². The number of halogens is 3. The number of carbonyl (C=O) groups is 1. The molecule has 3 nitrogen and oxygen atoms in total. The van der Waals surface area contributed by atoms with Crippen molar-refractivity contribution in [3.63, 3.8) is 0 Å². The first-order valence-corrected chi connectivity index (χ1v) is 5.91. The highest BCUT2D eigenvalue weighted by molar-refractivity contribution is 9.08. The molecule has 0 saturated heterocycles. The molecule has 1 aromatic rings. The van der Waals surface area contributed by atoms with Gasteiger partial charge in [0.05, 0.1) is 6.42 Å². The Morgan fingerprint density at radius 1 is 1.53 bits per heavy atom. The van der Waals surface area contributed by atoms with E-state index in [0.717, 1.165) is 0 Å². The minimum absolute atomic E-state index is 0.0423. The fraction of sp³-hybridized carbons (Fsp3) is 0.364. The molecule has 17 heavy (non-hydrogen) atoms. The van der Waals surface area contributed by atoms with Crippen molar-refractivity contribution in [2.24, 2.45) is 0 Å². The third kappa shape index (κ3) is 3.66. The maximum absolute atomic E-state index is 12.3. The van der Waals surface area contributed by atoms with Crippen LogP contribution in [-0.4, -0.2) is 17.7 Å². The lowest BCUT2D eigenvalue weighted by Gasteiger charge is -2.15. The number of aliphatic carboxylic acids is 1. The van der Waals surface area contributed by atoms with E-state index in [1.807, 2.05) is 0 Å². The van der Waals surface area contributed by atoms with Crippen molar-refractivity contribution >= 4 is 21.9 Å². The lowest BCUT2D eigenvalue weighted by atomic mass is 10.0. The average molecular weight is 309 g/mol. The van der Waals surface area contributed by atoms with Gasteiger partial charge in [-0.15, -0.1) is 0 Å². The van der Waals surface area contributed by atoms with Crippen molar-refractivity contribution in [3.8, 4) is 5.75 Å². The van der Waals surface area contributed by atoms with Crippen LogP contribution in [0.3, 0.4) is 0 Å². The van der Waals surface area contributed by atoms with Gasteiger partial charge >= 0.3 is 12.6 Å². The molecule has 0 atom stereocenters. The highest BCUT2D eigenvalue weighted by Gasteiger charge is 2.18. The van der Waals surface area contributed by atoms with Crippen molar-refractivity contribution in [2.45, 2.75) is 25.3 Å². The van der Waals surface area contributed by atoms with Crippen molar-refractivity contribution in [2.75, 3.05) is 0 Å². The first kappa shape index (κ1) is 13.9. The summed E-state index contributed by atoms with van der Waals surface area (Å²) in [4.78, 5) is 10.7. The smallest absolute Gasteiger partial charge is 0.387 e. The number of aryl methyl sites for hydroxylation is 1. The molecular weight excluding hydrogens is 298 g/mol. The number of alkyl halides is 3. The monoisotopic (exact) mass is 308 g/mol. The number of benzene rings is 1. The van der Waals surface area contributed by atoms with E-state index >= 15 is 0 Å². The zero-order chi connectivity index (χ0) is 13.0. The van der Waals surface area contributed by atoms with Crippen LogP contribution in [0.5, 0.6) is 5.75 Å². The van der Waals surface area contributed by atoms with Crippen molar-refractivity contribution < 1.29 is 23.4 Å². The predicted octanol–water partition coefficient (Wildman–Crippen LogP) is 3.12. The van der Waals surface area contributed by atoms with Crippen LogP contribution in [0.25, 0.3) is 0 Å². The summed E-state index contributed by atoms with van der Waals surface area (Å²) >= 11 is 3.15. The van der Waals surface area contributed by atoms with Gasteiger partial charge < -0.3 is 9.84 Å². The minimum Gasteiger partial charge on any atom is -0.481 e. The van der Waals surface area contributed by atoms with Crippen LogP contribution < -0.4 is 4.74 Å². The summed E-state index contributed by atoms with van der Waals surface area (Å²) in [5.41, 5.74) is 1.41. The van der Waals surface area contributed by atoms with Gasteiger partial charge in [0, 0.05) is 16.5 Å². The van der Waals surface area contributed by atoms with Crippen LogP contribution in [0.4, 0.5) is 8.78 Å². The zero-order valence-corrected chi connectivity index (χ0v) is 10.6. The van der Waals surface area contributed by atoms with E-state index in [2.05, 4.69) is 20.7 Å². The number of carboxylic acid groups (broad SMARTS) is 1. The third-order valence-electron chi connectivity index (χ3n) is 2.26. The van der Waals surface area contributed by atoms with Crippen LogP contribution in [0.1, 0.15) is 16.7 Å². The fourth-order valence-corrected chi connectivity index (χ4v) is 1.93. The molecule has 0 heterocycles. The van der Waals surface area contributed by atoms with Gasteiger partial charge in [-0.3, -0.25) is 4.79 Å². The summed E-state index contributed by atoms with van der Waals surface area (Å²) in [6, 6.07) is 3.32. The Hall–Kier alpha value is -1.17. The zero-order valence-electron chi connectivity index (χ0n) is 9.04. The second kappa shape index (κ2) is 5.95. The Labute approximate surface area is 106 Å². The van der Waals surface area contributed by atoms with E-state index in [9.17, 15) is 13.6 Å². The SMILES string of the molecule is Cc1ccc(CBr)c(OC(F)F)c1CC(=O)O. The topological polar surface area (TPSA) is 46.5 Å². The minimum atomic E-state index is -2.97. The largest absolute Gasteiger partial charge is 0.481 e. The van der Waals surface area contributed by atoms with Crippen LogP contribution >= 0.6 is 15.9 Å². The maximum Gasteiger partial charge on any atom is 0.387 e. The molecule has 0 spiro atoms. The summed E-state index contributed by atoms with van der Waals surface area (Å²) in [6.45, 7) is -1.31. The fourth-order valence-electron chi connectivity index (χ4n) is 1.49. The molecule has 0 fully saturated rings. The normalized spacial score (nSPS) is 10.6. The predicted molar refractivity (Wildman–Crippen MR) is 61.8 cm³/mol. The lowest BCUT2D eigenvalue weighted by molar-refractivity contribution is -0.136. The van der Waals surface area contributed by atoms with Crippen LogP contribution in [-0.2, 0) is 16.5 Å². The van der Waals surface area contributed by atoms with E-state index in [-0.39, 0.29) is 17.7 Å². The lowest BCUT2D eigenvalue weighted by Crippen LogP contribution is -2.11. The number of carboxylic acids is 1. The Balaban J connectivity index is 3.25. The molecule has 0 aliphatic carbocycles. The first-order chi connectivity index (χ1) is 7.95. The number of ether oxygens (including phenoxy) is 1. The Morgan fingerprint density at radius 3 is 2.65 bits per heavy atom. The van der Waals surface area contributed by atoms with Crippen molar-refractivity contribution in [1.82, 2.24) is 0 Å².